The van der Waals surface area contributed by atoms with Crippen molar-refractivity contribution in [2.24, 2.45) is 0 Å². The van der Waals surface area contributed by atoms with Gasteiger partial charge in [-0.15, -0.1) is 0 Å². The second kappa shape index (κ2) is 3.05. The lowest BCUT2D eigenvalue weighted by atomic mass is 10.3. The molecule has 1 saturated heterocycles. The van der Waals surface area contributed by atoms with Crippen LogP contribution < -0.4 is 0 Å². The van der Waals surface area contributed by atoms with E-state index in [4.69, 9.17) is 9.47 Å². The number of ether oxygens (including phenoxy) is 2. The number of epoxide rings is 1. The number of allylic oxidation sites excluding steroid dienone is 1. The van der Waals surface area contributed by atoms with E-state index in [9.17, 15) is 4.79 Å². The molecule has 11 heavy (non-hydrogen) atoms. The quantitative estimate of drug-likeness (QED) is 0.343. The van der Waals surface area contributed by atoms with Crippen molar-refractivity contribution in [1.82, 2.24) is 0 Å². The molecule has 0 bridgehead atoms. The van der Waals surface area contributed by atoms with Crippen LogP contribution in [0.3, 0.4) is 0 Å². The van der Waals surface area contributed by atoms with Crippen molar-refractivity contribution in [3.05, 3.63) is 11.6 Å². The van der Waals surface area contributed by atoms with Crippen LogP contribution in [0, 0.1) is 0 Å². The van der Waals surface area contributed by atoms with Gasteiger partial charge in [0, 0.05) is 5.57 Å². The number of hydrogen-bond acceptors (Lipinski definition) is 3. The molecule has 0 aliphatic carbocycles. The summed E-state index contributed by atoms with van der Waals surface area (Å²) in [6.45, 7) is 5.38. The fraction of sp³-hybridized carbons (Fsp3) is 0.625. The van der Waals surface area contributed by atoms with Crippen molar-refractivity contribution in [2.45, 2.75) is 33.2 Å². The maximum Gasteiger partial charge on any atom is 0.335 e. The summed E-state index contributed by atoms with van der Waals surface area (Å²) in [5.41, 5.74) is 0.618. The van der Waals surface area contributed by atoms with E-state index in [0.717, 1.165) is 0 Å². The van der Waals surface area contributed by atoms with Gasteiger partial charge in [0.15, 0.2) is 0 Å². The topological polar surface area (TPSA) is 38.8 Å². The van der Waals surface area contributed by atoms with Crippen LogP contribution in [0.25, 0.3) is 0 Å². The summed E-state index contributed by atoms with van der Waals surface area (Å²) < 4.78 is 9.81. The number of esters is 1. The molecule has 0 aromatic rings. The summed E-state index contributed by atoms with van der Waals surface area (Å²) in [5.74, 6) is -0.290. The lowest BCUT2D eigenvalue weighted by Gasteiger charge is -1.98. The average molecular weight is 156 g/mol. The van der Waals surface area contributed by atoms with Crippen molar-refractivity contribution in [3.63, 3.8) is 0 Å². The van der Waals surface area contributed by atoms with Crippen molar-refractivity contribution < 1.29 is 14.3 Å². The Hall–Kier alpha value is -0.830. The van der Waals surface area contributed by atoms with Gasteiger partial charge in [-0.2, -0.15) is 0 Å². The largest absolute Gasteiger partial charge is 0.429 e. The third kappa shape index (κ3) is 2.05. The molecule has 0 saturated carbocycles. The van der Waals surface area contributed by atoms with E-state index in [1.807, 2.05) is 6.92 Å². The Morgan fingerprint density at radius 2 is 2.18 bits per heavy atom. The van der Waals surface area contributed by atoms with Crippen LogP contribution >= 0.6 is 0 Å². The number of carbonyl (C=O) groups excluding carboxylic acids is 1. The standard InChI is InChI=1S/C8H12O3/c1-4-5(2)7(9)11-8-6(3)10-8/h4,6,8H,1-3H3. The Morgan fingerprint density at radius 3 is 2.55 bits per heavy atom. The van der Waals surface area contributed by atoms with Gasteiger partial charge in [0.1, 0.15) is 6.10 Å². The SMILES string of the molecule is CC=C(C)C(=O)OC1OC1C. The molecule has 0 aromatic carbocycles. The smallest absolute Gasteiger partial charge is 0.335 e. The number of hydrogen-bond donors (Lipinski definition) is 0. The zero-order valence-electron chi connectivity index (χ0n) is 6.96. The molecule has 1 aliphatic rings. The first-order chi connectivity index (χ1) is 5.15. The first-order valence-electron chi connectivity index (χ1n) is 3.64. The molecular formula is C8H12O3. The first kappa shape index (κ1) is 8.27. The van der Waals surface area contributed by atoms with Crippen LogP contribution in [-0.2, 0) is 14.3 Å². The number of carbonyl (C=O) groups is 1. The summed E-state index contributed by atoms with van der Waals surface area (Å²) in [4.78, 5) is 11.0. The minimum absolute atomic E-state index is 0.0728. The summed E-state index contributed by atoms with van der Waals surface area (Å²) >= 11 is 0. The van der Waals surface area contributed by atoms with E-state index in [1.54, 1.807) is 19.9 Å². The molecule has 0 spiro atoms. The fourth-order valence-corrected chi connectivity index (χ4v) is 0.606. The highest BCUT2D eigenvalue weighted by molar-refractivity contribution is 5.87. The highest BCUT2D eigenvalue weighted by atomic mass is 16.8. The average Bonchev–Trinajstić information content (AvgIpc) is 2.65. The summed E-state index contributed by atoms with van der Waals surface area (Å²) in [6.07, 6.45) is 1.48. The third-order valence-corrected chi connectivity index (χ3v) is 1.63. The predicted octanol–water partition coefficient (Wildman–Crippen LogP) is 1.24. The highest BCUT2D eigenvalue weighted by Crippen LogP contribution is 2.22. The Labute approximate surface area is 66.0 Å². The van der Waals surface area contributed by atoms with Gasteiger partial charge in [-0.1, -0.05) is 6.08 Å². The molecule has 1 rings (SSSR count). The van der Waals surface area contributed by atoms with Gasteiger partial charge >= 0.3 is 5.97 Å². The monoisotopic (exact) mass is 156 g/mol. The van der Waals surface area contributed by atoms with E-state index in [-0.39, 0.29) is 18.4 Å². The molecule has 3 nitrogen and oxygen atoms in total. The molecule has 1 heterocycles. The zero-order valence-corrected chi connectivity index (χ0v) is 6.96. The molecule has 62 valence electrons. The summed E-state index contributed by atoms with van der Waals surface area (Å²) in [5, 5.41) is 0. The molecule has 0 amide bonds. The van der Waals surface area contributed by atoms with Crippen molar-refractivity contribution >= 4 is 5.97 Å². The molecule has 0 radical (unpaired) electrons. The van der Waals surface area contributed by atoms with E-state index in [0.29, 0.717) is 5.57 Å². The van der Waals surface area contributed by atoms with Gasteiger partial charge in [0.25, 0.3) is 0 Å². The van der Waals surface area contributed by atoms with Crippen LogP contribution in [0.4, 0.5) is 0 Å². The summed E-state index contributed by atoms with van der Waals surface area (Å²) in [7, 11) is 0. The van der Waals surface area contributed by atoms with Gasteiger partial charge in [-0.25, -0.2) is 4.79 Å². The van der Waals surface area contributed by atoms with Crippen LogP contribution in [0.2, 0.25) is 0 Å². The minimum atomic E-state index is -0.308. The van der Waals surface area contributed by atoms with E-state index in [1.165, 1.54) is 0 Å². The highest BCUT2D eigenvalue weighted by Gasteiger charge is 2.38. The second-order valence-electron chi connectivity index (χ2n) is 2.59. The van der Waals surface area contributed by atoms with E-state index in [2.05, 4.69) is 0 Å². The van der Waals surface area contributed by atoms with Gasteiger partial charge < -0.3 is 9.47 Å². The Balaban J connectivity index is 2.32. The van der Waals surface area contributed by atoms with Crippen molar-refractivity contribution in [1.29, 1.82) is 0 Å². The maximum absolute atomic E-state index is 11.0. The van der Waals surface area contributed by atoms with Gasteiger partial charge in [0.05, 0.1) is 0 Å². The molecule has 3 heteroatoms. The van der Waals surface area contributed by atoms with Crippen molar-refractivity contribution in [2.75, 3.05) is 0 Å². The Bertz CT molecular complexity index is 196. The lowest BCUT2D eigenvalue weighted by molar-refractivity contribution is -0.143. The van der Waals surface area contributed by atoms with Gasteiger partial charge in [-0.3, -0.25) is 0 Å². The Kier molecular flexibility index (Phi) is 2.29. The molecule has 2 atom stereocenters. The van der Waals surface area contributed by atoms with Crippen LogP contribution in [0.15, 0.2) is 11.6 Å². The number of rotatable bonds is 2. The summed E-state index contributed by atoms with van der Waals surface area (Å²) in [6, 6.07) is 0. The third-order valence-electron chi connectivity index (χ3n) is 1.63. The van der Waals surface area contributed by atoms with Crippen molar-refractivity contribution in [3.8, 4) is 0 Å². The molecule has 0 aromatic heterocycles. The van der Waals surface area contributed by atoms with Gasteiger partial charge in [-0.05, 0) is 20.8 Å². The maximum atomic E-state index is 11.0. The molecule has 1 aliphatic heterocycles. The van der Waals surface area contributed by atoms with E-state index >= 15 is 0 Å². The van der Waals surface area contributed by atoms with Crippen LogP contribution in [0.5, 0.6) is 0 Å². The fourth-order valence-electron chi connectivity index (χ4n) is 0.606. The predicted molar refractivity (Wildman–Crippen MR) is 39.9 cm³/mol. The lowest BCUT2D eigenvalue weighted by Crippen LogP contribution is -2.09. The Morgan fingerprint density at radius 1 is 1.64 bits per heavy atom. The van der Waals surface area contributed by atoms with Crippen LogP contribution in [0.1, 0.15) is 20.8 Å². The minimum Gasteiger partial charge on any atom is -0.429 e. The first-order valence-corrected chi connectivity index (χ1v) is 3.64. The van der Waals surface area contributed by atoms with Crippen LogP contribution in [-0.4, -0.2) is 18.4 Å². The van der Waals surface area contributed by atoms with Gasteiger partial charge in [0.2, 0.25) is 6.29 Å². The molecule has 1 fully saturated rings. The second-order valence-corrected chi connectivity index (χ2v) is 2.59. The molecule has 2 unspecified atom stereocenters. The zero-order chi connectivity index (χ0) is 8.43. The molecular weight excluding hydrogens is 144 g/mol. The molecule has 0 N–H and O–H groups in total. The normalized spacial score (nSPS) is 29.9. The van der Waals surface area contributed by atoms with E-state index < -0.39 is 0 Å².